The molecule has 21 heavy (non-hydrogen) atoms. The van der Waals surface area contributed by atoms with Gasteiger partial charge >= 0.3 is 0 Å². The van der Waals surface area contributed by atoms with E-state index in [0.717, 1.165) is 19.3 Å². The summed E-state index contributed by atoms with van der Waals surface area (Å²) in [4.78, 5) is 14.9. The molecule has 2 aliphatic heterocycles. The van der Waals surface area contributed by atoms with E-state index in [1.807, 2.05) is 6.92 Å². The Kier molecular flexibility index (Phi) is 5.45. The predicted molar refractivity (Wildman–Crippen MR) is 82.2 cm³/mol. The predicted octanol–water partition coefficient (Wildman–Crippen LogP) is 1.28. The highest BCUT2D eigenvalue weighted by atomic mass is 16.4. The summed E-state index contributed by atoms with van der Waals surface area (Å²) in [5, 5.41) is 15.0. The van der Waals surface area contributed by atoms with E-state index in [2.05, 4.69) is 22.4 Å². The van der Waals surface area contributed by atoms with E-state index in [1.54, 1.807) is 0 Å². The molecule has 6 nitrogen and oxygen atoms in total. The van der Waals surface area contributed by atoms with Gasteiger partial charge in [0.25, 0.3) is 0 Å². The highest BCUT2D eigenvalue weighted by Gasteiger charge is 2.37. The Morgan fingerprint density at radius 1 is 1.43 bits per heavy atom. The van der Waals surface area contributed by atoms with Crippen LogP contribution in [0.25, 0.3) is 0 Å². The molecule has 3 unspecified atom stereocenters. The number of carbonyl (C=O) groups is 1. The zero-order chi connectivity index (χ0) is 15.4. The monoisotopic (exact) mass is 296 g/mol. The molecule has 0 aromatic rings. The molecule has 2 fully saturated rings. The van der Waals surface area contributed by atoms with Crippen molar-refractivity contribution in [2.75, 3.05) is 7.05 Å². The third-order valence-electron chi connectivity index (χ3n) is 5.05. The van der Waals surface area contributed by atoms with E-state index < -0.39 is 5.92 Å². The minimum absolute atomic E-state index is 0.0162. The topological polar surface area (TPSA) is 91.0 Å². The molecule has 0 radical (unpaired) electrons. The van der Waals surface area contributed by atoms with Crippen LogP contribution in [0.3, 0.4) is 0 Å². The smallest absolute Gasteiger partial charge is 0.231 e. The van der Waals surface area contributed by atoms with Crippen LogP contribution < -0.4 is 11.1 Å². The van der Waals surface area contributed by atoms with Gasteiger partial charge in [0.2, 0.25) is 5.91 Å². The van der Waals surface area contributed by atoms with Gasteiger partial charge in [-0.05, 0) is 39.2 Å². The maximum Gasteiger partial charge on any atom is 0.231 e. The highest BCUT2D eigenvalue weighted by molar-refractivity contribution is 6.02. The largest absolute Gasteiger partial charge is 0.409 e. The molecule has 120 valence electrons. The van der Waals surface area contributed by atoms with Gasteiger partial charge in [-0.1, -0.05) is 24.9 Å². The Hall–Kier alpha value is -1.30. The van der Waals surface area contributed by atoms with Gasteiger partial charge in [-0.3, -0.25) is 4.79 Å². The van der Waals surface area contributed by atoms with E-state index in [4.69, 9.17) is 10.9 Å². The lowest BCUT2D eigenvalue weighted by Crippen LogP contribution is -2.56. The molecule has 3 atom stereocenters. The van der Waals surface area contributed by atoms with Crippen molar-refractivity contribution >= 4 is 11.7 Å². The molecule has 0 spiro atoms. The van der Waals surface area contributed by atoms with Crippen LogP contribution >= 0.6 is 0 Å². The van der Waals surface area contributed by atoms with Crippen molar-refractivity contribution in [1.82, 2.24) is 10.2 Å². The normalized spacial score (nSPS) is 31.7. The lowest BCUT2D eigenvalue weighted by atomic mass is 9.82. The second-order valence-corrected chi connectivity index (χ2v) is 6.45. The Labute approximate surface area is 126 Å². The maximum atomic E-state index is 12.4. The molecular weight excluding hydrogens is 268 g/mol. The van der Waals surface area contributed by atoms with Crippen LogP contribution in [0.15, 0.2) is 5.16 Å². The van der Waals surface area contributed by atoms with Crippen molar-refractivity contribution in [3.63, 3.8) is 0 Å². The molecule has 0 saturated carbocycles. The molecule has 4 N–H and O–H groups in total. The molecular formula is C15H28N4O2. The van der Waals surface area contributed by atoms with Gasteiger partial charge in [0.1, 0.15) is 0 Å². The molecule has 2 rings (SSSR count). The van der Waals surface area contributed by atoms with Gasteiger partial charge in [0, 0.05) is 18.1 Å². The second kappa shape index (κ2) is 7.11. The Morgan fingerprint density at radius 3 is 2.57 bits per heavy atom. The number of piperidine rings is 2. The van der Waals surface area contributed by atoms with Gasteiger partial charge in [-0.2, -0.15) is 0 Å². The Bertz CT molecular complexity index is 385. The molecule has 1 amide bonds. The summed E-state index contributed by atoms with van der Waals surface area (Å²) in [6.45, 7) is 1.99. The number of oxime groups is 1. The first-order valence-corrected chi connectivity index (χ1v) is 8.06. The number of amidine groups is 1. The molecule has 2 aliphatic rings. The molecule has 6 heteroatoms. The number of rotatable bonds is 5. The second-order valence-electron chi connectivity index (χ2n) is 6.45. The lowest BCUT2D eigenvalue weighted by molar-refractivity contribution is -0.124. The van der Waals surface area contributed by atoms with E-state index in [9.17, 15) is 4.79 Å². The van der Waals surface area contributed by atoms with Crippen LogP contribution in [0.4, 0.5) is 0 Å². The number of hydrogen-bond donors (Lipinski definition) is 3. The number of carbonyl (C=O) groups excluding carboxylic acids is 1. The van der Waals surface area contributed by atoms with Crippen molar-refractivity contribution in [2.24, 2.45) is 16.8 Å². The van der Waals surface area contributed by atoms with Crippen molar-refractivity contribution < 1.29 is 10.0 Å². The zero-order valence-electron chi connectivity index (χ0n) is 13.1. The third kappa shape index (κ3) is 3.67. The van der Waals surface area contributed by atoms with Crippen molar-refractivity contribution in [3.8, 4) is 0 Å². The minimum atomic E-state index is -0.514. The Morgan fingerprint density at radius 2 is 2.05 bits per heavy atom. The van der Waals surface area contributed by atoms with Gasteiger partial charge < -0.3 is 21.2 Å². The molecule has 0 aliphatic carbocycles. The molecule has 2 saturated heterocycles. The number of fused-ring (bicyclic) bond motifs is 2. The number of nitrogens with zero attached hydrogens (tertiary/aromatic N) is 2. The van der Waals surface area contributed by atoms with E-state index >= 15 is 0 Å². The number of nitrogens with two attached hydrogens (primary N) is 1. The van der Waals surface area contributed by atoms with Crippen LogP contribution in [-0.2, 0) is 4.79 Å². The van der Waals surface area contributed by atoms with Gasteiger partial charge in [-0.15, -0.1) is 0 Å². The van der Waals surface area contributed by atoms with Crippen LogP contribution in [0.1, 0.15) is 51.9 Å². The summed E-state index contributed by atoms with van der Waals surface area (Å²) in [6.07, 6.45) is 7.19. The van der Waals surface area contributed by atoms with Gasteiger partial charge in [-0.25, -0.2) is 0 Å². The average molecular weight is 296 g/mol. The first-order valence-electron chi connectivity index (χ1n) is 8.06. The molecule has 2 heterocycles. The third-order valence-corrected chi connectivity index (χ3v) is 5.05. The molecule has 0 aromatic carbocycles. The fourth-order valence-electron chi connectivity index (χ4n) is 3.81. The van der Waals surface area contributed by atoms with Crippen molar-refractivity contribution in [2.45, 2.75) is 70.0 Å². The SMILES string of the molecule is CCCC(C(=O)NC1CC2CCCC(C1)N2C)C(N)=NO. The quantitative estimate of drug-likeness (QED) is 0.308. The number of hydrogen-bond acceptors (Lipinski definition) is 4. The van der Waals surface area contributed by atoms with E-state index in [-0.39, 0.29) is 17.8 Å². The summed E-state index contributed by atoms with van der Waals surface area (Å²) >= 11 is 0. The van der Waals surface area contributed by atoms with Crippen LogP contribution in [-0.4, -0.2) is 47.0 Å². The van der Waals surface area contributed by atoms with Crippen molar-refractivity contribution in [1.29, 1.82) is 0 Å². The number of amides is 1. The Balaban J connectivity index is 1.96. The molecule has 0 aromatic heterocycles. The zero-order valence-corrected chi connectivity index (χ0v) is 13.1. The number of nitrogens with one attached hydrogen (secondary N) is 1. The summed E-state index contributed by atoms with van der Waals surface area (Å²) in [7, 11) is 2.20. The van der Waals surface area contributed by atoms with E-state index in [0.29, 0.717) is 18.5 Å². The van der Waals surface area contributed by atoms with Crippen LogP contribution in [0, 0.1) is 5.92 Å². The standard InChI is InChI=1S/C15H28N4O2/c1-3-5-13(14(16)18-21)15(20)17-10-8-11-6-4-7-12(9-10)19(11)2/h10-13,21H,3-9H2,1-2H3,(H2,16,18)(H,17,20). The minimum Gasteiger partial charge on any atom is -0.409 e. The maximum absolute atomic E-state index is 12.4. The summed E-state index contributed by atoms with van der Waals surface area (Å²) < 4.78 is 0. The van der Waals surface area contributed by atoms with Gasteiger partial charge in [0.05, 0.1) is 5.92 Å². The van der Waals surface area contributed by atoms with Gasteiger partial charge in [0.15, 0.2) is 5.84 Å². The fraction of sp³-hybridized carbons (Fsp3) is 0.867. The summed E-state index contributed by atoms with van der Waals surface area (Å²) in [5.74, 6) is -0.596. The first kappa shape index (κ1) is 16.1. The van der Waals surface area contributed by atoms with E-state index in [1.165, 1.54) is 19.3 Å². The summed E-state index contributed by atoms with van der Waals surface area (Å²) in [5.41, 5.74) is 5.65. The first-order chi connectivity index (χ1) is 10.1. The van der Waals surface area contributed by atoms with Crippen molar-refractivity contribution in [3.05, 3.63) is 0 Å². The average Bonchev–Trinajstić information content (AvgIpc) is 2.45. The molecule has 2 bridgehead atoms. The lowest BCUT2D eigenvalue weighted by Gasteiger charge is -2.47. The van der Waals surface area contributed by atoms with Crippen LogP contribution in [0.2, 0.25) is 0 Å². The fourth-order valence-corrected chi connectivity index (χ4v) is 3.81. The van der Waals surface area contributed by atoms with Crippen LogP contribution in [0.5, 0.6) is 0 Å². The summed E-state index contributed by atoms with van der Waals surface area (Å²) in [6, 6.07) is 1.38. The highest BCUT2D eigenvalue weighted by Crippen LogP contribution is 2.32.